The van der Waals surface area contributed by atoms with Gasteiger partial charge in [-0.25, -0.2) is 0 Å². The first-order valence-corrected chi connectivity index (χ1v) is 6.45. The van der Waals surface area contributed by atoms with Gasteiger partial charge in [-0.1, -0.05) is 0 Å². The molecule has 2 aliphatic rings. The summed E-state index contributed by atoms with van der Waals surface area (Å²) in [6, 6.07) is 5.44. The third-order valence-corrected chi connectivity index (χ3v) is 4.26. The van der Waals surface area contributed by atoms with Gasteiger partial charge in [-0.05, 0) is 36.8 Å². The van der Waals surface area contributed by atoms with Crippen LogP contribution < -0.4 is 9.47 Å². The lowest BCUT2D eigenvalue weighted by atomic mass is 10.1. The lowest BCUT2D eigenvalue weighted by Crippen LogP contribution is -2.13. The molecule has 0 bridgehead atoms. The fourth-order valence-electron chi connectivity index (χ4n) is 2.02. The lowest BCUT2D eigenvalue weighted by molar-refractivity contribution is 0.0988. The zero-order valence-corrected chi connectivity index (χ0v) is 9.59. The van der Waals surface area contributed by atoms with Gasteiger partial charge in [0.25, 0.3) is 0 Å². The number of hydrogen-bond donors (Lipinski definition) is 0. The van der Waals surface area contributed by atoms with Gasteiger partial charge >= 0.3 is 0 Å². The van der Waals surface area contributed by atoms with Crippen LogP contribution in [0.2, 0.25) is 0 Å². The minimum Gasteiger partial charge on any atom is -0.454 e. The summed E-state index contributed by atoms with van der Waals surface area (Å²) in [7, 11) is 0. The quantitative estimate of drug-likeness (QED) is 0.739. The summed E-state index contributed by atoms with van der Waals surface area (Å²) < 4.78 is 10.5. The fourth-order valence-corrected chi connectivity index (χ4v) is 3.26. The molecule has 1 fully saturated rings. The summed E-state index contributed by atoms with van der Waals surface area (Å²) in [5, 5.41) is 0.139. The Morgan fingerprint density at radius 1 is 1.31 bits per heavy atom. The average Bonchev–Trinajstić information content (AvgIpc) is 2.98. The topological polar surface area (TPSA) is 35.5 Å². The molecular formula is C12H12O3S. The molecule has 1 aromatic rings. The van der Waals surface area contributed by atoms with Gasteiger partial charge in [0.05, 0.1) is 5.25 Å². The fraction of sp³-hybridized carbons (Fsp3) is 0.417. The van der Waals surface area contributed by atoms with Gasteiger partial charge in [-0.15, -0.1) is 0 Å². The number of Topliss-reactive ketones (excluding diaryl/α,β-unsaturated/α-hetero) is 1. The summed E-state index contributed by atoms with van der Waals surface area (Å²) >= 11 is 1.76. The predicted octanol–water partition coefficient (Wildman–Crippen LogP) is 2.49. The van der Waals surface area contributed by atoms with Gasteiger partial charge in [0.1, 0.15) is 0 Å². The molecule has 84 valence electrons. The van der Waals surface area contributed by atoms with Crippen LogP contribution in [0.15, 0.2) is 18.2 Å². The molecule has 0 spiro atoms. The van der Waals surface area contributed by atoms with Gasteiger partial charge in [0, 0.05) is 5.56 Å². The molecule has 0 aromatic heterocycles. The largest absolute Gasteiger partial charge is 0.454 e. The van der Waals surface area contributed by atoms with Crippen molar-refractivity contribution < 1.29 is 14.3 Å². The first-order chi connectivity index (χ1) is 7.84. The zero-order chi connectivity index (χ0) is 11.0. The van der Waals surface area contributed by atoms with Crippen LogP contribution in [0.1, 0.15) is 23.2 Å². The van der Waals surface area contributed by atoms with Gasteiger partial charge in [0.15, 0.2) is 17.3 Å². The summed E-state index contributed by atoms with van der Waals surface area (Å²) in [6.07, 6.45) is 2.14. The molecule has 1 unspecified atom stereocenters. The number of ether oxygens (including phenoxy) is 2. The van der Waals surface area contributed by atoms with E-state index in [9.17, 15) is 4.79 Å². The van der Waals surface area contributed by atoms with Gasteiger partial charge in [-0.3, -0.25) is 4.79 Å². The second-order valence-electron chi connectivity index (χ2n) is 3.93. The Bertz CT molecular complexity index is 424. The summed E-state index contributed by atoms with van der Waals surface area (Å²) in [5.41, 5.74) is 0.739. The zero-order valence-electron chi connectivity index (χ0n) is 8.77. The maximum Gasteiger partial charge on any atom is 0.231 e. The summed E-state index contributed by atoms with van der Waals surface area (Å²) in [5.74, 6) is 2.74. The molecule has 0 saturated carbocycles. The third kappa shape index (κ3) is 1.67. The number of fused-ring (bicyclic) bond motifs is 1. The first-order valence-electron chi connectivity index (χ1n) is 5.40. The molecule has 3 rings (SSSR count). The minimum atomic E-state index is 0.139. The molecule has 3 nitrogen and oxygen atoms in total. The van der Waals surface area contributed by atoms with Gasteiger partial charge < -0.3 is 9.47 Å². The molecule has 1 aromatic carbocycles. The monoisotopic (exact) mass is 236 g/mol. The van der Waals surface area contributed by atoms with Crippen molar-refractivity contribution >= 4 is 17.5 Å². The SMILES string of the molecule is O=C(c1ccc2c(c1)OCO2)C1CCCS1. The number of carbonyl (C=O) groups excluding carboxylic acids is 1. The van der Waals surface area contributed by atoms with E-state index < -0.39 is 0 Å². The van der Waals surface area contributed by atoms with Crippen molar-refractivity contribution in [1.82, 2.24) is 0 Å². The van der Waals surface area contributed by atoms with E-state index in [0.717, 1.165) is 29.9 Å². The van der Waals surface area contributed by atoms with Gasteiger partial charge in [0.2, 0.25) is 6.79 Å². The smallest absolute Gasteiger partial charge is 0.231 e. The second kappa shape index (κ2) is 4.01. The van der Waals surface area contributed by atoms with Crippen LogP contribution in [0.4, 0.5) is 0 Å². The first kappa shape index (κ1) is 10.0. The van der Waals surface area contributed by atoms with Crippen molar-refractivity contribution in [1.29, 1.82) is 0 Å². The Labute approximate surface area is 98.1 Å². The van der Waals surface area contributed by atoms with Crippen LogP contribution in [0.25, 0.3) is 0 Å². The molecule has 0 radical (unpaired) electrons. The summed E-state index contributed by atoms with van der Waals surface area (Å²) in [4.78, 5) is 12.1. The highest BCUT2D eigenvalue weighted by Gasteiger charge is 2.25. The van der Waals surface area contributed by atoms with Crippen LogP contribution in [-0.4, -0.2) is 23.6 Å². The number of hydrogen-bond acceptors (Lipinski definition) is 4. The van der Waals surface area contributed by atoms with E-state index in [0.29, 0.717) is 5.75 Å². The Balaban J connectivity index is 1.86. The molecular weight excluding hydrogens is 224 g/mol. The van der Waals surface area contributed by atoms with E-state index in [2.05, 4.69) is 0 Å². The predicted molar refractivity (Wildman–Crippen MR) is 62.4 cm³/mol. The van der Waals surface area contributed by atoms with E-state index in [1.807, 2.05) is 12.1 Å². The van der Waals surface area contributed by atoms with Crippen LogP contribution >= 0.6 is 11.8 Å². The van der Waals surface area contributed by atoms with Gasteiger partial charge in [-0.2, -0.15) is 11.8 Å². The Hall–Kier alpha value is -1.16. The van der Waals surface area contributed by atoms with E-state index >= 15 is 0 Å². The Morgan fingerprint density at radius 2 is 2.19 bits per heavy atom. The lowest BCUT2D eigenvalue weighted by Gasteiger charge is -2.07. The molecule has 0 aliphatic carbocycles. The second-order valence-corrected chi connectivity index (χ2v) is 5.24. The van der Waals surface area contributed by atoms with Crippen molar-refractivity contribution in [2.75, 3.05) is 12.5 Å². The maximum atomic E-state index is 12.1. The van der Waals surface area contributed by atoms with E-state index in [1.54, 1.807) is 17.8 Å². The minimum absolute atomic E-state index is 0.139. The van der Waals surface area contributed by atoms with Crippen LogP contribution in [-0.2, 0) is 0 Å². The van der Waals surface area contributed by atoms with Crippen LogP contribution in [0, 0.1) is 0 Å². The molecule has 1 saturated heterocycles. The number of rotatable bonds is 2. The van der Waals surface area contributed by atoms with E-state index in [4.69, 9.17) is 9.47 Å². The molecule has 2 heterocycles. The third-order valence-electron chi connectivity index (χ3n) is 2.88. The maximum absolute atomic E-state index is 12.1. The molecule has 1 atom stereocenters. The van der Waals surface area contributed by atoms with Crippen molar-refractivity contribution in [2.24, 2.45) is 0 Å². The summed E-state index contributed by atoms with van der Waals surface area (Å²) in [6.45, 7) is 0.255. The molecule has 16 heavy (non-hydrogen) atoms. The van der Waals surface area contributed by atoms with E-state index in [-0.39, 0.29) is 17.8 Å². The van der Waals surface area contributed by atoms with E-state index in [1.165, 1.54) is 0 Å². The number of thioether (sulfide) groups is 1. The highest BCUT2D eigenvalue weighted by molar-refractivity contribution is 8.00. The number of benzene rings is 1. The normalized spacial score (nSPS) is 22.4. The highest BCUT2D eigenvalue weighted by atomic mass is 32.2. The molecule has 4 heteroatoms. The number of carbonyl (C=O) groups is 1. The molecule has 0 N–H and O–H groups in total. The average molecular weight is 236 g/mol. The van der Waals surface area contributed by atoms with Crippen molar-refractivity contribution in [2.45, 2.75) is 18.1 Å². The van der Waals surface area contributed by atoms with Crippen molar-refractivity contribution in [3.63, 3.8) is 0 Å². The Morgan fingerprint density at radius 3 is 3.00 bits per heavy atom. The highest BCUT2D eigenvalue weighted by Crippen LogP contribution is 2.35. The van der Waals surface area contributed by atoms with Crippen LogP contribution in [0.3, 0.4) is 0 Å². The van der Waals surface area contributed by atoms with Crippen molar-refractivity contribution in [3.8, 4) is 11.5 Å². The Kier molecular flexibility index (Phi) is 2.52. The number of ketones is 1. The van der Waals surface area contributed by atoms with Crippen molar-refractivity contribution in [3.05, 3.63) is 23.8 Å². The molecule has 0 amide bonds. The van der Waals surface area contributed by atoms with Crippen LogP contribution in [0.5, 0.6) is 11.5 Å². The standard InChI is InChI=1S/C12H12O3S/c13-12(11-2-1-5-16-11)8-3-4-9-10(6-8)15-7-14-9/h3-4,6,11H,1-2,5,7H2. The molecule has 2 aliphatic heterocycles.